The molecule has 0 radical (unpaired) electrons. The van der Waals surface area contributed by atoms with E-state index in [0.717, 1.165) is 41.7 Å². The Morgan fingerprint density at radius 2 is 2.33 bits per heavy atom. The Balaban J connectivity index is 2.00. The van der Waals surface area contributed by atoms with Crippen molar-refractivity contribution in [2.45, 2.75) is 25.4 Å². The van der Waals surface area contributed by atoms with Gasteiger partial charge in [-0.05, 0) is 38.9 Å². The number of piperidine rings is 1. The highest BCUT2D eigenvalue weighted by Gasteiger charge is 2.33. The number of likely N-dealkylation sites (N-methyl/N-ethyl adjacent to an activating group) is 1. The zero-order chi connectivity index (χ0) is 14.9. The molecule has 21 heavy (non-hydrogen) atoms. The number of aliphatic hydroxyl groups is 1. The van der Waals surface area contributed by atoms with Gasteiger partial charge in [-0.15, -0.1) is 0 Å². The van der Waals surface area contributed by atoms with Crippen molar-refractivity contribution >= 4 is 16.6 Å². The molecule has 1 atom stereocenters. The van der Waals surface area contributed by atoms with E-state index in [1.54, 1.807) is 6.20 Å². The van der Waals surface area contributed by atoms with E-state index in [1.807, 2.05) is 26.2 Å². The molecule has 0 amide bonds. The second-order valence-electron chi connectivity index (χ2n) is 5.96. The lowest BCUT2D eigenvalue weighted by molar-refractivity contribution is 0.0282. The molecule has 5 heteroatoms. The maximum absolute atomic E-state index is 10.7. The number of pyridine rings is 2. The van der Waals surface area contributed by atoms with Gasteiger partial charge in [0.05, 0.1) is 11.1 Å². The maximum Gasteiger partial charge on any atom is 0.0945 e. The standard InChI is InChI=1S/C16H22N4O/c1-12-8-15(13-9-18-6-4-14(13)19-12)20-7-3-5-16(21,11-20)10-17-2/h4,6,8-9,17,21H,3,5,7,10-11H2,1-2H3/t16-/m0/s1. The molecule has 1 aliphatic rings. The van der Waals surface area contributed by atoms with Gasteiger partial charge in [0.1, 0.15) is 0 Å². The van der Waals surface area contributed by atoms with Crippen LogP contribution in [0, 0.1) is 6.92 Å². The Labute approximate surface area is 125 Å². The Hall–Kier alpha value is -1.72. The summed E-state index contributed by atoms with van der Waals surface area (Å²) in [6.07, 6.45) is 5.46. The fourth-order valence-corrected chi connectivity index (χ4v) is 3.23. The van der Waals surface area contributed by atoms with Crippen LogP contribution in [0.2, 0.25) is 0 Å². The van der Waals surface area contributed by atoms with Gasteiger partial charge in [0.15, 0.2) is 0 Å². The summed E-state index contributed by atoms with van der Waals surface area (Å²) >= 11 is 0. The van der Waals surface area contributed by atoms with Gasteiger partial charge in [-0.2, -0.15) is 0 Å². The molecule has 0 spiro atoms. The summed E-state index contributed by atoms with van der Waals surface area (Å²) in [5, 5.41) is 14.9. The van der Waals surface area contributed by atoms with Crippen LogP contribution in [0.3, 0.4) is 0 Å². The largest absolute Gasteiger partial charge is 0.387 e. The monoisotopic (exact) mass is 286 g/mol. The predicted octanol–water partition coefficient (Wildman–Crippen LogP) is 1.49. The summed E-state index contributed by atoms with van der Waals surface area (Å²) in [5.41, 5.74) is 2.41. The summed E-state index contributed by atoms with van der Waals surface area (Å²) < 4.78 is 0. The van der Waals surface area contributed by atoms with Crippen molar-refractivity contribution in [3.63, 3.8) is 0 Å². The molecular formula is C16H22N4O. The first-order chi connectivity index (χ1) is 10.1. The third-order valence-electron chi connectivity index (χ3n) is 4.12. The van der Waals surface area contributed by atoms with Gasteiger partial charge in [0, 0.05) is 48.8 Å². The number of anilines is 1. The number of hydrogen-bond donors (Lipinski definition) is 2. The number of β-amino-alcohol motifs (C(OH)–C–C–N with tert-alkyl or cyclic N) is 1. The zero-order valence-corrected chi connectivity index (χ0v) is 12.6. The number of fused-ring (bicyclic) bond motifs is 1. The van der Waals surface area contributed by atoms with E-state index in [2.05, 4.69) is 26.3 Å². The average Bonchev–Trinajstić information content (AvgIpc) is 2.46. The van der Waals surface area contributed by atoms with Gasteiger partial charge in [0.2, 0.25) is 0 Å². The van der Waals surface area contributed by atoms with E-state index >= 15 is 0 Å². The molecule has 0 aromatic carbocycles. The molecule has 5 nitrogen and oxygen atoms in total. The van der Waals surface area contributed by atoms with Crippen LogP contribution in [0.1, 0.15) is 18.5 Å². The molecule has 1 fully saturated rings. The molecule has 2 aromatic rings. The first kappa shape index (κ1) is 14.2. The molecule has 0 saturated carbocycles. The third-order valence-corrected chi connectivity index (χ3v) is 4.12. The minimum absolute atomic E-state index is 0.615. The molecule has 0 aliphatic carbocycles. The van der Waals surface area contributed by atoms with Crippen LogP contribution in [0.5, 0.6) is 0 Å². The van der Waals surface area contributed by atoms with E-state index in [0.29, 0.717) is 13.1 Å². The van der Waals surface area contributed by atoms with Crippen LogP contribution >= 0.6 is 0 Å². The second kappa shape index (κ2) is 5.58. The van der Waals surface area contributed by atoms with E-state index in [-0.39, 0.29) is 0 Å². The van der Waals surface area contributed by atoms with Gasteiger partial charge in [-0.3, -0.25) is 9.97 Å². The van der Waals surface area contributed by atoms with Crippen molar-refractivity contribution in [1.29, 1.82) is 0 Å². The lowest BCUT2D eigenvalue weighted by Gasteiger charge is -2.40. The number of aryl methyl sites for hydroxylation is 1. The number of aromatic nitrogens is 2. The maximum atomic E-state index is 10.7. The fraction of sp³-hybridized carbons (Fsp3) is 0.500. The van der Waals surface area contributed by atoms with E-state index < -0.39 is 5.60 Å². The summed E-state index contributed by atoms with van der Waals surface area (Å²) in [4.78, 5) is 11.1. The van der Waals surface area contributed by atoms with Gasteiger partial charge < -0.3 is 15.3 Å². The van der Waals surface area contributed by atoms with Crippen LogP contribution in [-0.2, 0) is 0 Å². The first-order valence-corrected chi connectivity index (χ1v) is 7.45. The quantitative estimate of drug-likeness (QED) is 0.895. The molecule has 0 bridgehead atoms. The van der Waals surface area contributed by atoms with Crippen molar-refractivity contribution in [1.82, 2.24) is 15.3 Å². The van der Waals surface area contributed by atoms with Crippen LogP contribution < -0.4 is 10.2 Å². The number of hydrogen-bond acceptors (Lipinski definition) is 5. The highest BCUT2D eigenvalue weighted by Crippen LogP contribution is 2.31. The summed E-state index contributed by atoms with van der Waals surface area (Å²) in [5.74, 6) is 0. The molecule has 1 aliphatic heterocycles. The molecule has 2 aromatic heterocycles. The topological polar surface area (TPSA) is 61.3 Å². The zero-order valence-electron chi connectivity index (χ0n) is 12.6. The minimum Gasteiger partial charge on any atom is -0.387 e. The lowest BCUT2D eigenvalue weighted by atomic mass is 9.92. The highest BCUT2D eigenvalue weighted by molar-refractivity contribution is 5.91. The molecule has 0 unspecified atom stereocenters. The Bertz CT molecular complexity index is 641. The molecule has 2 N–H and O–H groups in total. The molecule has 3 heterocycles. The summed E-state index contributed by atoms with van der Waals surface area (Å²) in [7, 11) is 1.88. The molecular weight excluding hydrogens is 264 g/mol. The van der Waals surface area contributed by atoms with Gasteiger partial charge in [-0.25, -0.2) is 0 Å². The number of nitrogens with zero attached hydrogens (tertiary/aromatic N) is 3. The lowest BCUT2D eigenvalue weighted by Crippen LogP contribution is -2.53. The van der Waals surface area contributed by atoms with Gasteiger partial charge >= 0.3 is 0 Å². The highest BCUT2D eigenvalue weighted by atomic mass is 16.3. The predicted molar refractivity (Wildman–Crippen MR) is 84.6 cm³/mol. The summed E-state index contributed by atoms with van der Waals surface area (Å²) in [6.45, 7) is 4.22. The first-order valence-electron chi connectivity index (χ1n) is 7.45. The average molecular weight is 286 g/mol. The van der Waals surface area contributed by atoms with Crippen molar-refractivity contribution in [3.8, 4) is 0 Å². The molecule has 3 rings (SSSR count). The molecule has 1 saturated heterocycles. The van der Waals surface area contributed by atoms with E-state index in [4.69, 9.17) is 0 Å². The van der Waals surface area contributed by atoms with Crippen molar-refractivity contribution in [2.75, 3.05) is 31.6 Å². The smallest absolute Gasteiger partial charge is 0.0945 e. The molecule has 112 valence electrons. The number of rotatable bonds is 3. The second-order valence-corrected chi connectivity index (χ2v) is 5.96. The normalized spacial score (nSPS) is 22.7. The van der Waals surface area contributed by atoms with Crippen molar-refractivity contribution in [3.05, 3.63) is 30.2 Å². The fourth-order valence-electron chi connectivity index (χ4n) is 3.23. The van der Waals surface area contributed by atoms with Gasteiger partial charge in [-0.1, -0.05) is 0 Å². The van der Waals surface area contributed by atoms with E-state index in [9.17, 15) is 5.11 Å². The van der Waals surface area contributed by atoms with Crippen LogP contribution in [0.4, 0.5) is 5.69 Å². The third kappa shape index (κ3) is 2.84. The number of nitrogens with one attached hydrogen (secondary N) is 1. The summed E-state index contributed by atoms with van der Waals surface area (Å²) in [6, 6.07) is 4.03. The van der Waals surface area contributed by atoms with Crippen molar-refractivity contribution < 1.29 is 5.11 Å². The van der Waals surface area contributed by atoms with E-state index in [1.165, 1.54) is 0 Å². The van der Waals surface area contributed by atoms with Crippen LogP contribution in [0.15, 0.2) is 24.5 Å². The van der Waals surface area contributed by atoms with Crippen molar-refractivity contribution in [2.24, 2.45) is 0 Å². The Morgan fingerprint density at radius 3 is 3.14 bits per heavy atom. The van der Waals surface area contributed by atoms with Crippen LogP contribution in [-0.4, -0.2) is 47.4 Å². The SMILES string of the molecule is CNC[C@@]1(O)CCCN(c2cc(C)nc3ccncc23)C1. The minimum atomic E-state index is -0.668. The Kier molecular flexibility index (Phi) is 3.78. The van der Waals surface area contributed by atoms with Crippen LogP contribution in [0.25, 0.3) is 10.9 Å². The Morgan fingerprint density at radius 1 is 1.48 bits per heavy atom. The van der Waals surface area contributed by atoms with Gasteiger partial charge in [0.25, 0.3) is 0 Å².